The molecule has 7 heteroatoms. The van der Waals surface area contributed by atoms with Crippen molar-refractivity contribution in [3.8, 4) is 0 Å². The van der Waals surface area contributed by atoms with E-state index in [-0.39, 0.29) is 17.4 Å². The molecule has 1 aromatic carbocycles. The summed E-state index contributed by atoms with van der Waals surface area (Å²) in [6.45, 7) is 0. The molecule has 0 aliphatic rings. The summed E-state index contributed by atoms with van der Waals surface area (Å²) in [6.07, 6.45) is 0.238. The summed E-state index contributed by atoms with van der Waals surface area (Å²) in [6, 6.07) is 2.99. The van der Waals surface area contributed by atoms with Crippen molar-refractivity contribution in [1.82, 2.24) is 0 Å². The summed E-state index contributed by atoms with van der Waals surface area (Å²) < 4.78 is 21.9. The van der Waals surface area contributed by atoms with Gasteiger partial charge in [0.2, 0.25) is 0 Å². The summed E-state index contributed by atoms with van der Waals surface area (Å²) in [5.74, 6) is -1.25. The number of hydrogen-bond acceptors (Lipinski definition) is 4. The average molecular weight is 249 g/mol. The van der Waals surface area contributed by atoms with Crippen LogP contribution in [0.5, 0.6) is 0 Å². The largest absolute Gasteiger partial charge is 0.478 e. The SMILES string of the molecule is O=Cc1cc(C(=O)O)ccc1S(=O)(=O)Cl. The van der Waals surface area contributed by atoms with Crippen molar-refractivity contribution in [3.05, 3.63) is 29.3 Å². The molecule has 0 amide bonds. The third kappa shape index (κ3) is 2.54. The van der Waals surface area contributed by atoms with Gasteiger partial charge in [-0.05, 0) is 18.2 Å². The molecule has 0 bridgehead atoms. The van der Waals surface area contributed by atoms with E-state index in [1.54, 1.807) is 0 Å². The van der Waals surface area contributed by atoms with Crippen molar-refractivity contribution >= 4 is 32.0 Å². The van der Waals surface area contributed by atoms with Crippen LogP contribution in [-0.4, -0.2) is 25.8 Å². The van der Waals surface area contributed by atoms with Crippen LogP contribution in [0.3, 0.4) is 0 Å². The van der Waals surface area contributed by atoms with Gasteiger partial charge in [0.25, 0.3) is 9.05 Å². The van der Waals surface area contributed by atoms with Crippen LogP contribution in [-0.2, 0) is 9.05 Å². The van der Waals surface area contributed by atoms with E-state index in [4.69, 9.17) is 15.8 Å². The lowest BCUT2D eigenvalue weighted by Gasteiger charge is -2.01. The van der Waals surface area contributed by atoms with Crippen molar-refractivity contribution in [1.29, 1.82) is 0 Å². The maximum absolute atomic E-state index is 11.0. The van der Waals surface area contributed by atoms with Gasteiger partial charge in [-0.3, -0.25) is 4.79 Å². The number of carboxylic acids is 1. The van der Waals surface area contributed by atoms with E-state index < -0.39 is 19.9 Å². The molecule has 0 radical (unpaired) electrons. The second kappa shape index (κ2) is 4.00. The molecule has 0 spiro atoms. The van der Waals surface area contributed by atoms with E-state index in [0.29, 0.717) is 0 Å². The Balaban J connectivity index is 3.47. The smallest absolute Gasteiger partial charge is 0.335 e. The molecule has 0 unspecified atom stereocenters. The van der Waals surface area contributed by atoms with Gasteiger partial charge < -0.3 is 5.11 Å². The molecule has 5 nitrogen and oxygen atoms in total. The van der Waals surface area contributed by atoms with E-state index in [0.717, 1.165) is 18.2 Å². The zero-order valence-electron chi connectivity index (χ0n) is 7.18. The van der Waals surface area contributed by atoms with E-state index in [1.165, 1.54) is 0 Å². The van der Waals surface area contributed by atoms with Crippen LogP contribution >= 0.6 is 10.7 Å². The minimum atomic E-state index is -4.04. The van der Waals surface area contributed by atoms with Crippen molar-refractivity contribution in [2.75, 3.05) is 0 Å². The Morgan fingerprint density at radius 3 is 2.40 bits per heavy atom. The Morgan fingerprint density at radius 2 is 2.00 bits per heavy atom. The first-order valence-electron chi connectivity index (χ1n) is 3.63. The maximum atomic E-state index is 11.0. The molecule has 0 aliphatic carbocycles. The minimum Gasteiger partial charge on any atom is -0.478 e. The molecule has 0 saturated heterocycles. The highest BCUT2D eigenvalue weighted by molar-refractivity contribution is 8.13. The molecule has 0 atom stereocenters. The second-order valence-electron chi connectivity index (χ2n) is 2.61. The van der Waals surface area contributed by atoms with E-state index in [1.807, 2.05) is 0 Å². The summed E-state index contributed by atoms with van der Waals surface area (Å²) in [5, 5.41) is 8.60. The van der Waals surface area contributed by atoms with Crippen molar-refractivity contribution in [2.45, 2.75) is 4.90 Å². The zero-order valence-corrected chi connectivity index (χ0v) is 8.75. The molecule has 80 valence electrons. The Bertz CT molecular complexity index is 520. The van der Waals surface area contributed by atoms with Gasteiger partial charge in [0.1, 0.15) is 0 Å². The number of rotatable bonds is 3. The lowest BCUT2D eigenvalue weighted by molar-refractivity contribution is 0.0696. The van der Waals surface area contributed by atoms with Gasteiger partial charge in [-0.25, -0.2) is 13.2 Å². The molecule has 1 N–H and O–H groups in total. The fourth-order valence-electron chi connectivity index (χ4n) is 0.996. The molecule has 15 heavy (non-hydrogen) atoms. The third-order valence-electron chi connectivity index (χ3n) is 1.65. The minimum absolute atomic E-state index is 0.179. The number of carboxylic acid groups (broad SMARTS) is 1. The number of carbonyl (C=O) groups excluding carboxylic acids is 1. The number of aromatic carboxylic acids is 1. The number of carbonyl (C=O) groups is 2. The third-order valence-corrected chi connectivity index (χ3v) is 3.04. The van der Waals surface area contributed by atoms with Crippen LogP contribution in [0.25, 0.3) is 0 Å². The fourth-order valence-corrected chi connectivity index (χ4v) is 2.04. The molecule has 1 aromatic rings. The topological polar surface area (TPSA) is 88.5 Å². The van der Waals surface area contributed by atoms with Gasteiger partial charge in [-0.1, -0.05) is 0 Å². The Hall–Kier alpha value is -1.40. The van der Waals surface area contributed by atoms with Gasteiger partial charge in [-0.15, -0.1) is 0 Å². The Kier molecular flexibility index (Phi) is 3.11. The molecular weight excluding hydrogens is 244 g/mol. The molecule has 0 aliphatic heterocycles. The molecule has 0 saturated carbocycles. The Morgan fingerprint density at radius 1 is 1.40 bits per heavy atom. The standard InChI is InChI=1S/C8H5ClO5S/c9-15(13,14)7-2-1-5(8(11)12)3-6(7)4-10/h1-4H,(H,11,12). The quantitative estimate of drug-likeness (QED) is 0.640. The van der Waals surface area contributed by atoms with Gasteiger partial charge in [0.15, 0.2) is 6.29 Å². The number of aldehydes is 1. The average Bonchev–Trinajstić information content (AvgIpc) is 2.15. The lowest BCUT2D eigenvalue weighted by atomic mass is 10.1. The van der Waals surface area contributed by atoms with Crippen LogP contribution in [0.1, 0.15) is 20.7 Å². The van der Waals surface area contributed by atoms with Crippen molar-refractivity contribution < 1.29 is 23.1 Å². The summed E-state index contributed by atoms with van der Waals surface area (Å²) in [5.41, 5.74) is -0.453. The second-order valence-corrected chi connectivity index (χ2v) is 5.15. The highest BCUT2D eigenvalue weighted by Gasteiger charge is 2.17. The molecule has 0 heterocycles. The fraction of sp³-hybridized carbons (Fsp3) is 0. The monoisotopic (exact) mass is 248 g/mol. The van der Waals surface area contributed by atoms with E-state index in [2.05, 4.69) is 0 Å². The highest BCUT2D eigenvalue weighted by Crippen LogP contribution is 2.20. The lowest BCUT2D eigenvalue weighted by Crippen LogP contribution is -2.02. The van der Waals surface area contributed by atoms with Crippen molar-refractivity contribution in [3.63, 3.8) is 0 Å². The Labute approximate surface area is 89.7 Å². The van der Waals surface area contributed by atoms with Gasteiger partial charge in [-0.2, -0.15) is 0 Å². The normalized spacial score (nSPS) is 11.0. The molecule has 1 rings (SSSR count). The zero-order chi connectivity index (χ0) is 11.6. The van der Waals surface area contributed by atoms with Crippen LogP contribution < -0.4 is 0 Å². The van der Waals surface area contributed by atoms with Gasteiger partial charge in [0.05, 0.1) is 10.5 Å². The first-order valence-corrected chi connectivity index (χ1v) is 5.94. The molecule has 0 aromatic heterocycles. The molecular formula is C8H5ClO5S. The highest BCUT2D eigenvalue weighted by atomic mass is 35.7. The summed E-state index contributed by atoms with van der Waals surface area (Å²) >= 11 is 0. The van der Waals surface area contributed by atoms with Crippen LogP contribution in [0.4, 0.5) is 0 Å². The van der Waals surface area contributed by atoms with E-state index in [9.17, 15) is 18.0 Å². The van der Waals surface area contributed by atoms with Crippen LogP contribution in [0.15, 0.2) is 23.1 Å². The van der Waals surface area contributed by atoms with Crippen molar-refractivity contribution in [2.24, 2.45) is 0 Å². The number of benzene rings is 1. The molecule has 0 fully saturated rings. The summed E-state index contributed by atoms with van der Waals surface area (Å²) in [7, 11) is 1.00. The maximum Gasteiger partial charge on any atom is 0.335 e. The first-order chi connectivity index (χ1) is 6.86. The van der Waals surface area contributed by atoms with E-state index >= 15 is 0 Å². The first kappa shape index (κ1) is 11.7. The summed E-state index contributed by atoms with van der Waals surface area (Å²) in [4.78, 5) is 20.7. The van der Waals surface area contributed by atoms with Crippen LogP contribution in [0, 0.1) is 0 Å². The number of halogens is 1. The van der Waals surface area contributed by atoms with Crippen LogP contribution in [0.2, 0.25) is 0 Å². The van der Waals surface area contributed by atoms with Gasteiger partial charge in [0, 0.05) is 16.2 Å². The van der Waals surface area contributed by atoms with Gasteiger partial charge >= 0.3 is 5.97 Å². The number of hydrogen-bond donors (Lipinski definition) is 1. The predicted molar refractivity (Wildman–Crippen MR) is 51.8 cm³/mol. The predicted octanol–water partition coefficient (Wildman–Crippen LogP) is 1.12.